The fourth-order valence-electron chi connectivity index (χ4n) is 2.91. The lowest BCUT2D eigenvalue weighted by molar-refractivity contribution is -0.675. The third-order valence-corrected chi connectivity index (χ3v) is 5.76. The van der Waals surface area contributed by atoms with Crippen LogP contribution < -0.4 is 10.6 Å². The summed E-state index contributed by atoms with van der Waals surface area (Å²) in [6.45, 7) is 8.95. The average molecular weight is 354 g/mol. The normalized spacial score (nSPS) is 17.9. The van der Waals surface area contributed by atoms with E-state index in [2.05, 4.69) is 26.1 Å². The summed E-state index contributed by atoms with van der Waals surface area (Å²) in [5.74, 6) is 0.242. The van der Waals surface area contributed by atoms with E-state index in [0.29, 0.717) is 35.7 Å². The molecule has 0 radical (unpaired) electrons. The molecule has 2 unspecified atom stereocenters. The number of amides is 1. The van der Waals surface area contributed by atoms with Gasteiger partial charge in [0.1, 0.15) is 5.00 Å². The number of hydrogen-bond acceptors (Lipinski definition) is 4. The Balaban J connectivity index is 2.18. The van der Waals surface area contributed by atoms with Crippen LogP contribution in [0.1, 0.15) is 61.3 Å². The van der Waals surface area contributed by atoms with Crippen molar-refractivity contribution in [1.29, 1.82) is 0 Å². The Morgan fingerprint density at radius 2 is 2.17 bits per heavy atom. The summed E-state index contributed by atoms with van der Waals surface area (Å²) in [5.41, 5.74) is 1.67. The van der Waals surface area contributed by atoms with Gasteiger partial charge in [-0.3, -0.25) is 4.79 Å². The minimum absolute atomic E-state index is 0.0625. The van der Waals surface area contributed by atoms with Crippen LogP contribution in [0.4, 0.5) is 5.00 Å². The van der Waals surface area contributed by atoms with E-state index in [0.717, 1.165) is 31.2 Å². The van der Waals surface area contributed by atoms with Gasteiger partial charge in [0, 0.05) is 4.88 Å². The standard InChI is InChI=1S/C18H28N2O3S/c1-5-12(4)19-10-15(21)20-17-16(18(22)23-6-2)13-8-7-11(3)9-14(13)24-17/h11-12,19H,5-10H2,1-4H3,(H,20,21)/p+1. The molecule has 0 saturated heterocycles. The summed E-state index contributed by atoms with van der Waals surface area (Å²) >= 11 is 1.54. The van der Waals surface area contributed by atoms with Crippen LogP contribution in [0, 0.1) is 5.92 Å². The van der Waals surface area contributed by atoms with Gasteiger partial charge in [0.15, 0.2) is 6.54 Å². The molecule has 134 valence electrons. The van der Waals surface area contributed by atoms with Crippen LogP contribution in [0.25, 0.3) is 0 Å². The van der Waals surface area contributed by atoms with Gasteiger partial charge in [-0.25, -0.2) is 4.79 Å². The highest BCUT2D eigenvalue weighted by molar-refractivity contribution is 7.17. The Morgan fingerprint density at radius 3 is 2.83 bits per heavy atom. The van der Waals surface area contributed by atoms with Crippen LogP contribution in [0.3, 0.4) is 0 Å². The van der Waals surface area contributed by atoms with Gasteiger partial charge in [0.25, 0.3) is 5.91 Å². The number of carbonyl (C=O) groups excluding carboxylic acids is 2. The second-order valence-electron chi connectivity index (χ2n) is 6.65. The second-order valence-corrected chi connectivity index (χ2v) is 7.76. The Morgan fingerprint density at radius 1 is 1.42 bits per heavy atom. The van der Waals surface area contributed by atoms with E-state index in [1.165, 1.54) is 4.88 Å². The first-order chi connectivity index (χ1) is 11.5. The first-order valence-corrected chi connectivity index (χ1v) is 9.72. The highest BCUT2D eigenvalue weighted by atomic mass is 32.1. The first kappa shape index (κ1) is 18.9. The number of anilines is 1. The van der Waals surface area contributed by atoms with Crippen LogP contribution in [-0.2, 0) is 22.4 Å². The highest BCUT2D eigenvalue weighted by Gasteiger charge is 2.29. The Hall–Kier alpha value is -1.40. The maximum Gasteiger partial charge on any atom is 0.341 e. The molecule has 2 atom stereocenters. The lowest BCUT2D eigenvalue weighted by Crippen LogP contribution is -2.90. The quantitative estimate of drug-likeness (QED) is 0.739. The van der Waals surface area contributed by atoms with E-state index >= 15 is 0 Å². The minimum Gasteiger partial charge on any atom is -0.462 e. The third kappa shape index (κ3) is 4.57. The van der Waals surface area contributed by atoms with Crippen molar-refractivity contribution >= 4 is 28.2 Å². The Labute approximate surface area is 148 Å². The Kier molecular flexibility index (Phi) is 6.80. The van der Waals surface area contributed by atoms with Crippen molar-refractivity contribution in [1.82, 2.24) is 0 Å². The molecule has 0 bridgehead atoms. The summed E-state index contributed by atoms with van der Waals surface area (Å²) in [4.78, 5) is 25.9. The van der Waals surface area contributed by atoms with Crippen molar-refractivity contribution < 1.29 is 19.6 Å². The number of ether oxygens (including phenoxy) is 1. The summed E-state index contributed by atoms with van der Waals surface area (Å²) in [7, 11) is 0. The lowest BCUT2D eigenvalue weighted by atomic mass is 9.88. The lowest BCUT2D eigenvalue weighted by Gasteiger charge is -2.18. The highest BCUT2D eigenvalue weighted by Crippen LogP contribution is 2.40. The van der Waals surface area contributed by atoms with E-state index in [-0.39, 0.29) is 11.9 Å². The molecule has 2 rings (SSSR count). The summed E-state index contributed by atoms with van der Waals surface area (Å²) < 4.78 is 5.23. The molecule has 0 spiro atoms. The van der Waals surface area contributed by atoms with Crippen LogP contribution in [-0.4, -0.2) is 31.1 Å². The molecular weight excluding hydrogens is 324 g/mol. The number of esters is 1. The van der Waals surface area contributed by atoms with Gasteiger partial charge in [0.2, 0.25) is 0 Å². The van der Waals surface area contributed by atoms with Crippen LogP contribution in [0.5, 0.6) is 0 Å². The van der Waals surface area contributed by atoms with Gasteiger partial charge in [-0.05, 0) is 51.0 Å². The predicted octanol–water partition coefficient (Wildman–Crippen LogP) is 2.35. The van der Waals surface area contributed by atoms with E-state index in [9.17, 15) is 9.59 Å². The minimum atomic E-state index is -0.314. The van der Waals surface area contributed by atoms with Gasteiger partial charge < -0.3 is 15.4 Å². The molecule has 0 aromatic carbocycles. The van der Waals surface area contributed by atoms with Gasteiger partial charge in [0.05, 0.1) is 18.2 Å². The molecule has 3 N–H and O–H groups in total. The molecule has 0 aliphatic heterocycles. The third-order valence-electron chi connectivity index (χ3n) is 4.59. The molecule has 1 aliphatic rings. The van der Waals surface area contributed by atoms with Crippen molar-refractivity contribution in [2.75, 3.05) is 18.5 Å². The van der Waals surface area contributed by atoms with Crippen LogP contribution in [0.15, 0.2) is 0 Å². The molecular formula is C18H29N2O3S+. The van der Waals surface area contributed by atoms with E-state index in [4.69, 9.17) is 4.74 Å². The zero-order valence-corrected chi connectivity index (χ0v) is 15.9. The number of carbonyl (C=O) groups is 2. The maximum absolute atomic E-state index is 12.4. The van der Waals surface area contributed by atoms with Crippen LogP contribution >= 0.6 is 11.3 Å². The van der Waals surface area contributed by atoms with E-state index in [1.54, 1.807) is 18.3 Å². The smallest absolute Gasteiger partial charge is 0.341 e. The summed E-state index contributed by atoms with van der Waals surface area (Å²) in [6, 6.07) is 0.415. The predicted molar refractivity (Wildman–Crippen MR) is 96.6 cm³/mol. The van der Waals surface area contributed by atoms with E-state index in [1.807, 2.05) is 5.32 Å². The van der Waals surface area contributed by atoms with E-state index < -0.39 is 0 Å². The molecule has 0 saturated carbocycles. The maximum atomic E-state index is 12.4. The molecule has 0 fully saturated rings. The molecule has 1 heterocycles. The molecule has 1 amide bonds. The number of thiophene rings is 1. The fourth-order valence-corrected chi connectivity index (χ4v) is 4.33. The molecule has 6 heteroatoms. The van der Waals surface area contributed by atoms with Gasteiger partial charge in [-0.15, -0.1) is 11.3 Å². The molecule has 24 heavy (non-hydrogen) atoms. The zero-order valence-electron chi connectivity index (χ0n) is 15.1. The SMILES string of the molecule is CCOC(=O)c1c(NC(=O)C[NH2+]C(C)CC)sc2c1CCC(C)C2. The number of nitrogens with two attached hydrogens (primary N) is 1. The zero-order chi connectivity index (χ0) is 17.7. The average Bonchev–Trinajstić information content (AvgIpc) is 2.89. The van der Waals surface area contributed by atoms with Gasteiger partial charge >= 0.3 is 5.97 Å². The van der Waals surface area contributed by atoms with Crippen molar-refractivity contribution in [3.8, 4) is 0 Å². The number of hydrogen-bond donors (Lipinski definition) is 2. The molecule has 1 aromatic rings. The van der Waals surface area contributed by atoms with Gasteiger partial charge in [-0.2, -0.15) is 0 Å². The van der Waals surface area contributed by atoms with Crippen molar-refractivity contribution in [3.63, 3.8) is 0 Å². The first-order valence-electron chi connectivity index (χ1n) is 8.91. The number of rotatable bonds is 7. The Bertz CT molecular complexity index is 597. The number of nitrogens with one attached hydrogen (secondary N) is 1. The largest absolute Gasteiger partial charge is 0.462 e. The number of quaternary nitrogens is 1. The fraction of sp³-hybridized carbons (Fsp3) is 0.667. The van der Waals surface area contributed by atoms with Gasteiger partial charge in [-0.1, -0.05) is 13.8 Å². The topological polar surface area (TPSA) is 72.0 Å². The molecule has 1 aliphatic carbocycles. The van der Waals surface area contributed by atoms with Crippen molar-refractivity contribution in [3.05, 3.63) is 16.0 Å². The molecule has 1 aromatic heterocycles. The summed E-state index contributed by atoms with van der Waals surface area (Å²) in [6.07, 6.45) is 3.95. The summed E-state index contributed by atoms with van der Waals surface area (Å²) in [5, 5.41) is 5.63. The molecule has 5 nitrogen and oxygen atoms in total. The van der Waals surface area contributed by atoms with Crippen molar-refractivity contribution in [2.24, 2.45) is 5.92 Å². The monoisotopic (exact) mass is 353 g/mol. The second kappa shape index (κ2) is 8.62. The number of fused-ring (bicyclic) bond motifs is 1. The van der Waals surface area contributed by atoms with Crippen LogP contribution in [0.2, 0.25) is 0 Å². The van der Waals surface area contributed by atoms with Crippen molar-refractivity contribution in [2.45, 2.75) is 59.4 Å².